The molecule has 3 N–H and O–H groups in total. The molecule has 1 saturated heterocycles. The fourth-order valence-electron chi connectivity index (χ4n) is 3.95. The summed E-state index contributed by atoms with van der Waals surface area (Å²) in [5.74, 6) is -2.75. The number of hydrogen-bond donors (Lipinski definition) is 3. The van der Waals surface area contributed by atoms with Gasteiger partial charge in [-0.15, -0.1) is 0 Å². The molecule has 0 aliphatic carbocycles. The number of amides is 2. The smallest absolute Gasteiger partial charge is 0.410 e. The Balaban J connectivity index is 1.96. The number of ether oxygens (including phenoxy) is 1. The van der Waals surface area contributed by atoms with Gasteiger partial charge in [0.25, 0.3) is 5.91 Å². The first kappa shape index (κ1) is 25.5. The highest BCUT2D eigenvalue weighted by Crippen LogP contribution is 2.39. The largest absolute Gasteiger partial charge is 0.444 e. The number of thiocarbonyl (C=S) groups is 1. The molecule has 2 amide bonds. The van der Waals surface area contributed by atoms with E-state index in [2.05, 4.69) is 10.6 Å². The molecule has 1 heterocycles. The number of aliphatic hydroxyl groups excluding tert-OH is 1. The van der Waals surface area contributed by atoms with Crippen molar-refractivity contribution in [3.8, 4) is 0 Å². The molecule has 0 aromatic heterocycles. The molecule has 0 saturated carbocycles. The van der Waals surface area contributed by atoms with Crippen molar-refractivity contribution in [3.05, 3.63) is 71.3 Å². The highest BCUT2D eigenvalue weighted by atomic mass is 32.1. The SMILES string of the molecule is CC(C)(C)OC(=O)N1CC(CO)C(NC(=S)NC(=O)c2ccccc2)(c2cc(F)ccc2F)C1. The maximum absolute atomic E-state index is 15.0. The Kier molecular flexibility index (Phi) is 7.52. The van der Waals surface area contributed by atoms with Gasteiger partial charge in [0.15, 0.2) is 5.11 Å². The maximum atomic E-state index is 15.0. The van der Waals surface area contributed by atoms with Gasteiger partial charge in [-0.2, -0.15) is 0 Å². The number of carbonyl (C=O) groups is 2. The number of aliphatic hydroxyl groups is 1. The Hall–Kier alpha value is -3.11. The van der Waals surface area contributed by atoms with Crippen LogP contribution in [0.4, 0.5) is 13.6 Å². The second-order valence-corrected chi connectivity index (χ2v) is 9.52. The fourth-order valence-corrected chi connectivity index (χ4v) is 4.22. The predicted octanol–water partition coefficient (Wildman–Crippen LogP) is 3.32. The van der Waals surface area contributed by atoms with Crippen molar-refractivity contribution in [2.45, 2.75) is 31.9 Å². The number of halogens is 2. The monoisotopic (exact) mass is 491 g/mol. The van der Waals surface area contributed by atoms with E-state index in [1.54, 1.807) is 51.1 Å². The molecule has 1 aliphatic heterocycles. The van der Waals surface area contributed by atoms with Gasteiger partial charge < -0.3 is 20.1 Å². The first-order valence-electron chi connectivity index (χ1n) is 10.7. The molecule has 2 atom stereocenters. The second kappa shape index (κ2) is 10.0. The minimum absolute atomic E-state index is 0.0103. The van der Waals surface area contributed by atoms with Crippen molar-refractivity contribution in [2.24, 2.45) is 5.92 Å². The highest BCUT2D eigenvalue weighted by Gasteiger charge is 2.52. The zero-order valence-electron chi connectivity index (χ0n) is 19.1. The van der Waals surface area contributed by atoms with E-state index >= 15 is 0 Å². The van der Waals surface area contributed by atoms with Crippen LogP contribution in [0.25, 0.3) is 0 Å². The van der Waals surface area contributed by atoms with Crippen molar-refractivity contribution in [2.75, 3.05) is 19.7 Å². The average Bonchev–Trinajstić information content (AvgIpc) is 3.14. The third-order valence-electron chi connectivity index (χ3n) is 5.46. The molecule has 0 radical (unpaired) electrons. The predicted molar refractivity (Wildman–Crippen MR) is 126 cm³/mol. The van der Waals surface area contributed by atoms with Gasteiger partial charge in [-0.05, 0) is 63.3 Å². The minimum Gasteiger partial charge on any atom is -0.444 e. The Bertz CT molecular complexity index is 1080. The Labute approximate surface area is 202 Å². The molecule has 1 fully saturated rings. The van der Waals surface area contributed by atoms with Crippen LogP contribution in [0.3, 0.4) is 0 Å². The van der Waals surface area contributed by atoms with Gasteiger partial charge in [-0.25, -0.2) is 13.6 Å². The number of benzene rings is 2. The summed E-state index contributed by atoms with van der Waals surface area (Å²) in [6.45, 7) is 4.44. The van der Waals surface area contributed by atoms with Gasteiger partial charge in [-0.3, -0.25) is 10.1 Å². The Morgan fingerprint density at radius 1 is 1.21 bits per heavy atom. The molecule has 3 rings (SSSR count). The van der Waals surface area contributed by atoms with Crippen molar-refractivity contribution in [1.82, 2.24) is 15.5 Å². The van der Waals surface area contributed by atoms with Gasteiger partial charge in [0, 0.05) is 23.6 Å². The molecule has 2 aromatic rings. The van der Waals surface area contributed by atoms with E-state index in [0.29, 0.717) is 5.56 Å². The first-order chi connectivity index (χ1) is 15.9. The van der Waals surface area contributed by atoms with Gasteiger partial charge >= 0.3 is 6.09 Å². The van der Waals surface area contributed by atoms with Crippen LogP contribution in [0.5, 0.6) is 0 Å². The summed E-state index contributed by atoms with van der Waals surface area (Å²) >= 11 is 5.33. The Morgan fingerprint density at radius 3 is 2.50 bits per heavy atom. The molecular formula is C24H27F2N3O4S. The average molecular weight is 492 g/mol. The summed E-state index contributed by atoms with van der Waals surface area (Å²) in [7, 11) is 0. The van der Waals surface area contributed by atoms with Crippen LogP contribution in [0.2, 0.25) is 0 Å². The number of rotatable bonds is 4. The molecule has 0 spiro atoms. The van der Waals surface area contributed by atoms with Crippen LogP contribution < -0.4 is 10.6 Å². The lowest BCUT2D eigenvalue weighted by molar-refractivity contribution is 0.0277. The number of nitrogens with one attached hydrogen (secondary N) is 2. The lowest BCUT2D eigenvalue weighted by Crippen LogP contribution is -2.56. The fraction of sp³-hybridized carbons (Fsp3) is 0.375. The van der Waals surface area contributed by atoms with E-state index in [1.807, 2.05) is 0 Å². The zero-order chi connectivity index (χ0) is 25.1. The molecule has 34 heavy (non-hydrogen) atoms. The second-order valence-electron chi connectivity index (χ2n) is 9.11. The summed E-state index contributed by atoms with van der Waals surface area (Å²) in [5.41, 5.74) is -2.10. The summed E-state index contributed by atoms with van der Waals surface area (Å²) in [6, 6.07) is 11.2. The zero-order valence-corrected chi connectivity index (χ0v) is 19.9. The summed E-state index contributed by atoms with van der Waals surface area (Å²) < 4.78 is 34.6. The number of carbonyl (C=O) groups excluding carboxylic acids is 2. The molecule has 10 heteroatoms. The number of nitrogens with zero attached hydrogens (tertiary/aromatic N) is 1. The van der Waals surface area contributed by atoms with Crippen LogP contribution >= 0.6 is 12.2 Å². The van der Waals surface area contributed by atoms with Gasteiger partial charge in [-0.1, -0.05) is 18.2 Å². The van der Waals surface area contributed by atoms with Crippen molar-refractivity contribution in [1.29, 1.82) is 0 Å². The van der Waals surface area contributed by atoms with Crippen molar-refractivity contribution < 1.29 is 28.2 Å². The summed E-state index contributed by atoms with van der Waals surface area (Å²) in [6.07, 6.45) is -0.675. The molecule has 7 nitrogen and oxygen atoms in total. The highest BCUT2D eigenvalue weighted by molar-refractivity contribution is 7.80. The van der Waals surface area contributed by atoms with E-state index in [4.69, 9.17) is 17.0 Å². The molecule has 0 bridgehead atoms. The Morgan fingerprint density at radius 2 is 1.88 bits per heavy atom. The standard InChI is InChI=1S/C24H27F2N3O4S/c1-23(2,3)33-22(32)29-12-16(13-30)24(14-29,18-11-17(25)9-10-19(18)26)28-21(34)27-20(31)15-7-5-4-6-8-15/h4-11,16,30H,12-14H2,1-3H3,(H2,27,28,31,34). The van der Waals surface area contributed by atoms with E-state index in [1.165, 1.54) is 4.90 Å². The molecule has 182 valence electrons. The van der Waals surface area contributed by atoms with Crippen LogP contribution in [0.1, 0.15) is 36.7 Å². The number of likely N-dealkylation sites (tertiary alicyclic amines) is 1. The van der Waals surface area contributed by atoms with E-state index in [-0.39, 0.29) is 23.8 Å². The van der Waals surface area contributed by atoms with E-state index in [0.717, 1.165) is 18.2 Å². The third kappa shape index (κ3) is 5.68. The topological polar surface area (TPSA) is 90.9 Å². The summed E-state index contributed by atoms with van der Waals surface area (Å²) in [4.78, 5) is 26.6. The van der Waals surface area contributed by atoms with Crippen LogP contribution in [-0.2, 0) is 10.3 Å². The van der Waals surface area contributed by atoms with Gasteiger partial charge in [0.05, 0.1) is 18.7 Å². The van der Waals surface area contributed by atoms with Gasteiger partial charge in [0.1, 0.15) is 17.2 Å². The maximum Gasteiger partial charge on any atom is 0.410 e. The molecule has 2 aromatic carbocycles. The quantitative estimate of drug-likeness (QED) is 0.569. The van der Waals surface area contributed by atoms with Crippen LogP contribution in [-0.4, -0.2) is 52.4 Å². The summed E-state index contributed by atoms with van der Waals surface area (Å²) in [5, 5.41) is 15.4. The molecule has 1 aliphatic rings. The van der Waals surface area contributed by atoms with Crippen molar-refractivity contribution >= 4 is 29.3 Å². The third-order valence-corrected chi connectivity index (χ3v) is 5.66. The van der Waals surface area contributed by atoms with E-state index < -0.39 is 47.3 Å². The number of hydrogen-bond acceptors (Lipinski definition) is 5. The minimum atomic E-state index is -1.53. The lowest BCUT2D eigenvalue weighted by Gasteiger charge is -2.36. The van der Waals surface area contributed by atoms with Crippen LogP contribution in [0.15, 0.2) is 48.5 Å². The van der Waals surface area contributed by atoms with Crippen LogP contribution in [0, 0.1) is 17.6 Å². The van der Waals surface area contributed by atoms with E-state index in [9.17, 15) is 23.5 Å². The molecule has 2 unspecified atom stereocenters. The van der Waals surface area contributed by atoms with Gasteiger partial charge in [0.2, 0.25) is 0 Å². The molecular weight excluding hydrogens is 464 g/mol. The lowest BCUT2D eigenvalue weighted by atomic mass is 9.80. The van der Waals surface area contributed by atoms with Crippen molar-refractivity contribution in [3.63, 3.8) is 0 Å². The first-order valence-corrected chi connectivity index (χ1v) is 11.1. The normalized spacial score (nSPS) is 20.1.